The van der Waals surface area contributed by atoms with Crippen molar-refractivity contribution in [3.05, 3.63) is 0 Å². The molecular weight excluding hydrogens is 164 g/mol. The highest BCUT2D eigenvalue weighted by Gasteiger charge is 2.37. The molecule has 0 spiro atoms. The third kappa shape index (κ3) is 2.03. The maximum Gasteiger partial charge on any atom is 0.0594 e. The van der Waals surface area contributed by atoms with Gasteiger partial charge in [-0.3, -0.25) is 4.90 Å². The summed E-state index contributed by atoms with van der Waals surface area (Å²) in [5.74, 6) is 0. The lowest BCUT2D eigenvalue weighted by molar-refractivity contribution is -0.00200. The van der Waals surface area contributed by atoms with Crippen molar-refractivity contribution in [2.75, 3.05) is 39.4 Å². The van der Waals surface area contributed by atoms with Crippen molar-refractivity contribution in [3.63, 3.8) is 0 Å². The van der Waals surface area contributed by atoms with Crippen molar-refractivity contribution >= 4 is 0 Å². The van der Waals surface area contributed by atoms with Crippen LogP contribution in [0.5, 0.6) is 0 Å². The number of rotatable bonds is 3. The Morgan fingerprint density at radius 3 is 2.38 bits per heavy atom. The summed E-state index contributed by atoms with van der Waals surface area (Å²) in [4.78, 5) is 2.51. The normalized spacial score (nSPS) is 28.4. The van der Waals surface area contributed by atoms with Crippen LogP contribution in [0.25, 0.3) is 0 Å². The molecule has 0 atom stereocenters. The van der Waals surface area contributed by atoms with E-state index in [1.54, 1.807) is 0 Å². The Morgan fingerprint density at radius 2 is 1.92 bits per heavy atom. The van der Waals surface area contributed by atoms with Gasteiger partial charge in [0.2, 0.25) is 0 Å². The quantitative estimate of drug-likeness (QED) is 0.692. The molecule has 1 saturated carbocycles. The Bertz CT molecular complexity index is 157. The van der Waals surface area contributed by atoms with Crippen LogP contribution in [0.15, 0.2) is 0 Å². The summed E-state index contributed by atoms with van der Waals surface area (Å²) in [7, 11) is 0. The zero-order chi connectivity index (χ0) is 9.15. The van der Waals surface area contributed by atoms with Crippen LogP contribution in [0, 0.1) is 5.41 Å². The molecule has 76 valence electrons. The zero-order valence-electron chi connectivity index (χ0n) is 8.30. The van der Waals surface area contributed by atoms with Gasteiger partial charge in [-0.1, -0.05) is 6.42 Å². The summed E-state index contributed by atoms with van der Waals surface area (Å²) < 4.78 is 5.33. The minimum absolute atomic E-state index is 0.470. The minimum Gasteiger partial charge on any atom is -0.379 e. The van der Waals surface area contributed by atoms with E-state index in [2.05, 4.69) is 4.90 Å². The number of hydrogen-bond acceptors (Lipinski definition) is 3. The van der Waals surface area contributed by atoms with Crippen molar-refractivity contribution in [2.45, 2.75) is 19.3 Å². The molecule has 0 aromatic carbocycles. The molecule has 2 rings (SSSR count). The van der Waals surface area contributed by atoms with Gasteiger partial charge < -0.3 is 10.5 Å². The van der Waals surface area contributed by atoms with E-state index >= 15 is 0 Å². The summed E-state index contributed by atoms with van der Waals surface area (Å²) >= 11 is 0. The topological polar surface area (TPSA) is 38.5 Å². The number of nitrogens with zero attached hydrogens (tertiary/aromatic N) is 1. The van der Waals surface area contributed by atoms with Gasteiger partial charge >= 0.3 is 0 Å². The molecule has 2 aliphatic rings. The van der Waals surface area contributed by atoms with Crippen molar-refractivity contribution in [1.82, 2.24) is 4.90 Å². The average molecular weight is 184 g/mol. The van der Waals surface area contributed by atoms with Gasteiger partial charge in [-0.25, -0.2) is 0 Å². The third-order valence-electron chi connectivity index (χ3n) is 3.51. The van der Waals surface area contributed by atoms with Crippen molar-refractivity contribution in [2.24, 2.45) is 11.1 Å². The fourth-order valence-electron chi connectivity index (χ4n) is 2.34. The van der Waals surface area contributed by atoms with E-state index in [4.69, 9.17) is 10.5 Å². The molecule has 1 aliphatic carbocycles. The molecule has 3 heteroatoms. The first-order valence-corrected chi connectivity index (χ1v) is 5.35. The molecule has 0 radical (unpaired) electrons. The van der Waals surface area contributed by atoms with E-state index in [0.717, 1.165) is 32.8 Å². The molecule has 0 aromatic heterocycles. The smallest absolute Gasteiger partial charge is 0.0594 e. The molecule has 0 unspecified atom stereocenters. The van der Waals surface area contributed by atoms with Crippen molar-refractivity contribution in [3.8, 4) is 0 Å². The highest BCUT2D eigenvalue weighted by molar-refractivity contribution is 4.91. The van der Waals surface area contributed by atoms with E-state index in [1.165, 1.54) is 25.8 Å². The molecule has 0 aromatic rings. The largest absolute Gasteiger partial charge is 0.379 e. The van der Waals surface area contributed by atoms with E-state index in [9.17, 15) is 0 Å². The van der Waals surface area contributed by atoms with Crippen LogP contribution >= 0.6 is 0 Å². The minimum atomic E-state index is 0.470. The van der Waals surface area contributed by atoms with Crippen LogP contribution < -0.4 is 5.73 Å². The number of nitrogens with two attached hydrogens (primary N) is 1. The van der Waals surface area contributed by atoms with Gasteiger partial charge in [0.1, 0.15) is 0 Å². The Labute approximate surface area is 80.2 Å². The van der Waals surface area contributed by atoms with Gasteiger partial charge in [0.05, 0.1) is 13.2 Å². The van der Waals surface area contributed by atoms with Crippen LogP contribution in [-0.2, 0) is 4.74 Å². The first-order valence-electron chi connectivity index (χ1n) is 5.35. The average Bonchev–Trinajstić information content (AvgIpc) is 2.13. The predicted octanol–water partition coefficient (Wildman–Crippen LogP) is 0.448. The van der Waals surface area contributed by atoms with Gasteiger partial charge in [-0.2, -0.15) is 0 Å². The summed E-state index contributed by atoms with van der Waals surface area (Å²) in [6.45, 7) is 6.07. The Hall–Kier alpha value is -0.120. The van der Waals surface area contributed by atoms with Gasteiger partial charge in [0.15, 0.2) is 0 Å². The monoisotopic (exact) mass is 184 g/mol. The van der Waals surface area contributed by atoms with Crippen LogP contribution in [0.4, 0.5) is 0 Å². The fraction of sp³-hybridized carbons (Fsp3) is 1.00. The van der Waals surface area contributed by atoms with Crippen molar-refractivity contribution < 1.29 is 4.74 Å². The number of morpholine rings is 1. The van der Waals surface area contributed by atoms with Gasteiger partial charge in [-0.15, -0.1) is 0 Å². The maximum atomic E-state index is 5.83. The van der Waals surface area contributed by atoms with Crippen LogP contribution in [0.2, 0.25) is 0 Å². The van der Waals surface area contributed by atoms with E-state index in [-0.39, 0.29) is 0 Å². The fourth-order valence-corrected chi connectivity index (χ4v) is 2.34. The highest BCUT2D eigenvalue weighted by atomic mass is 16.5. The molecule has 0 amide bonds. The molecule has 2 fully saturated rings. The predicted molar refractivity (Wildman–Crippen MR) is 52.6 cm³/mol. The Morgan fingerprint density at radius 1 is 1.23 bits per heavy atom. The lowest BCUT2D eigenvalue weighted by atomic mass is 9.68. The van der Waals surface area contributed by atoms with Gasteiger partial charge in [-0.05, 0) is 24.8 Å². The second kappa shape index (κ2) is 3.95. The standard InChI is InChI=1S/C10H20N2O/c11-8-10(2-1-3-10)9-12-4-6-13-7-5-12/h1-9,11H2. The van der Waals surface area contributed by atoms with Gasteiger partial charge in [0, 0.05) is 19.6 Å². The number of hydrogen-bond donors (Lipinski definition) is 1. The van der Waals surface area contributed by atoms with E-state index in [0.29, 0.717) is 5.41 Å². The molecule has 13 heavy (non-hydrogen) atoms. The van der Waals surface area contributed by atoms with Crippen molar-refractivity contribution in [1.29, 1.82) is 0 Å². The highest BCUT2D eigenvalue weighted by Crippen LogP contribution is 2.40. The lowest BCUT2D eigenvalue weighted by Gasteiger charge is -2.45. The Kier molecular flexibility index (Phi) is 2.86. The summed E-state index contributed by atoms with van der Waals surface area (Å²) in [5, 5.41) is 0. The summed E-state index contributed by atoms with van der Waals surface area (Å²) in [5.41, 5.74) is 6.30. The Balaban J connectivity index is 1.81. The molecular formula is C10H20N2O. The third-order valence-corrected chi connectivity index (χ3v) is 3.51. The molecule has 1 aliphatic heterocycles. The first-order chi connectivity index (χ1) is 6.35. The van der Waals surface area contributed by atoms with E-state index in [1.807, 2.05) is 0 Å². The molecule has 0 bridgehead atoms. The van der Waals surface area contributed by atoms with Gasteiger partial charge in [0.25, 0.3) is 0 Å². The first kappa shape index (κ1) is 9.44. The summed E-state index contributed by atoms with van der Waals surface area (Å²) in [6, 6.07) is 0. The second-order valence-corrected chi connectivity index (χ2v) is 4.45. The molecule has 2 N–H and O–H groups in total. The zero-order valence-corrected chi connectivity index (χ0v) is 8.30. The maximum absolute atomic E-state index is 5.83. The molecule has 3 nitrogen and oxygen atoms in total. The van der Waals surface area contributed by atoms with Crippen LogP contribution in [0.3, 0.4) is 0 Å². The number of ether oxygens (including phenoxy) is 1. The van der Waals surface area contributed by atoms with Crippen LogP contribution in [0.1, 0.15) is 19.3 Å². The molecule has 1 saturated heterocycles. The molecule has 1 heterocycles. The van der Waals surface area contributed by atoms with E-state index < -0.39 is 0 Å². The second-order valence-electron chi connectivity index (χ2n) is 4.45. The van der Waals surface area contributed by atoms with Crippen LogP contribution in [-0.4, -0.2) is 44.3 Å². The lowest BCUT2D eigenvalue weighted by Crippen LogP contribution is -2.50. The SMILES string of the molecule is NCC1(CN2CCOCC2)CCC1. The summed E-state index contributed by atoms with van der Waals surface area (Å²) in [6.07, 6.45) is 4.04.